The van der Waals surface area contributed by atoms with Crippen molar-refractivity contribution in [2.75, 3.05) is 5.33 Å². The summed E-state index contributed by atoms with van der Waals surface area (Å²) in [5.74, 6) is 0. The SMILES string of the molecule is BrCCC=CCc1csc2ccccc12. The van der Waals surface area contributed by atoms with Gasteiger partial charge in [0.25, 0.3) is 0 Å². The molecule has 0 saturated heterocycles. The number of fused-ring (bicyclic) bond motifs is 1. The second kappa shape index (κ2) is 5.47. The molecule has 0 atom stereocenters. The van der Waals surface area contributed by atoms with E-state index in [-0.39, 0.29) is 0 Å². The number of thiophene rings is 1. The van der Waals surface area contributed by atoms with Crippen molar-refractivity contribution in [1.82, 2.24) is 0 Å². The lowest BCUT2D eigenvalue weighted by Gasteiger charge is -1.93. The Kier molecular flexibility index (Phi) is 3.98. The van der Waals surface area contributed by atoms with Crippen LogP contribution < -0.4 is 0 Å². The Balaban J connectivity index is 2.14. The van der Waals surface area contributed by atoms with E-state index in [1.165, 1.54) is 15.6 Å². The van der Waals surface area contributed by atoms with Gasteiger partial charge in [-0.15, -0.1) is 11.3 Å². The van der Waals surface area contributed by atoms with E-state index >= 15 is 0 Å². The summed E-state index contributed by atoms with van der Waals surface area (Å²) >= 11 is 5.25. The zero-order valence-corrected chi connectivity index (χ0v) is 10.9. The van der Waals surface area contributed by atoms with Gasteiger partial charge in [0.1, 0.15) is 0 Å². The Labute approximate surface area is 103 Å². The van der Waals surface area contributed by atoms with Crippen LogP contribution >= 0.6 is 27.3 Å². The maximum Gasteiger partial charge on any atom is 0.0345 e. The van der Waals surface area contributed by atoms with Gasteiger partial charge >= 0.3 is 0 Å². The first-order valence-corrected chi connectivity index (χ1v) is 7.08. The normalized spacial score (nSPS) is 11.5. The fraction of sp³-hybridized carbons (Fsp3) is 0.231. The minimum Gasteiger partial charge on any atom is -0.144 e. The average Bonchev–Trinajstić information content (AvgIpc) is 2.68. The second-order valence-electron chi connectivity index (χ2n) is 3.41. The van der Waals surface area contributed by atoms with Gasteiger partial charge in [-0.2, -0.15) is 0 Å². The van der Waals surface area contributed by atoms with Crippen LogP contribution in [0.4, 0.5) is 0 Å². The van der Waals surface area contributed by atoms with Crippen LogP contribution in [-0.2, 0) is 6.42 Å². The number of alkyl halides is 1. The summed E-state index contributed by atoms with van der Waals surface area (Å²) < 4.78 is 1.39. The first kappa shape index (κ1) is 10.9. The third-order valence-corrected chi connectivity index (χ3v) is 3.81. The summed E-state index contributed by atoms with van der Waals surface area (Å²) in [5, 5.41) is 4.72. The molecule has 15 heavy (non-hydrogen) atoms. The van der Waals surface area contributed by atoms with Gasteiger partial charge in [0.05, 0.1) is 0 Å². The van der Waals surface area contributed by atoms with Gasteiger partial charge in [-0.25, -0.2) is 0 Å². The van der Waals surface area contributed by atoms with E-state index in [9.17, 15) is 0 Å². The molecular weight excluding hydrogens is 268 g/mol. The Morgan fingerprint density at radius 1 is 1.20 bits per heavy atom. The van der Waals surface area contributed by atoms with Crippen molar-refractivity contribution in [1.29, 1.82) is 0 Å². The molecule has 0 saturated carbocycles. The molecule has 2 rings (SSSR count). The highest BCUT2D eigenvalue weighted by Crippen LogP contribution is 2.25. The minimum absolute atomic E-state index is 1.05. The number of rotatable bonds is 4. The van der Waals surface area contributed by atoms with Gasteiger partial charge in [0.2, 0.25) is 0 Å². The molecule has 0 aliphatic heterocycles. The first-order chi connectivity index (χ1) is 7.42. The highest BCUT2D eigenvalue weighted by molar-refractivity contribution is 9.09. The molecule has 2 heteroatoms. The van der Waals surface area contributed by atoms with Crippen LogP contribution in [0.5, 0.6) is 0 Å². The molecule has 78 valence electrons. The predicted octanol–water partition coefficient (Wildman–Crippen LogP) is 4.79. The summed E-state index contributed by atoms with van der Waals surface area (Å²) in [6.45, 7) is 0. The standard InChI is InChI=1S/C13H13BrS/c14-9-5-1-2-6-11-10-15-13-8-4-3-7-12(11)13/h1-4,7-8,10H,5-6,9H2. The fourth-order valence-corrected chi connectivity index (χ4v) is 2.82. The highest BCUT2D eigenvalue weighted by atomic mass is 79.9. The van der Waals surface area contributed by atoms with Crippen LogP contribution in [0, 0.1) is 0 Å². The molecule has 0 radical (unpaired) electrons. The van der Waals surface area contributed by atoms with Crippen LogP contribution in [0.2, 0.25) is 0 Å². The van der Waals surface area contributed by atoms with Gasteiger partial charge in [-0.3, -0.25) is 0 Å². The molecule has 1 heterocycles. The predicted molar refractivity (Wildman–Crippen MR) is 73.1 cm³/mol. The van der Waals surface area contributed by atoms with Gasteiger partial charge in [-0.05, 0) is 35.2 Å². The van der Waals surface area contributed by atoms with E-state index in [1.807, 2.05) is 11.3 Å². The Hall–Kier alpha value is -0.600. The van der Waals surface area contributed by atoms with Crippen molar-refractivity contribution in [3.8, 4) is 0 Å². The lowest BCUT2D eigenvalue weighted by molar-refractivity contribution is 1.21. The van der Waals surface area contributed by atoms with Gasteiger partial charge in [0, 0.05) is 10.0 Å². The quantitative estimate of drug-likeness (QED) is 0.558. The first-order valence-electron chi connectivity index (χ1n) is 5.08. The minimum atomic E-state index is 1.05. The zero-order valence-electron chi connectivity index (χ0n) is 8.45. The van der Waals surface area contributed by atoms with Gasteiger partial charge in [-0.1, -0.05) is 46.3 Å². The van der Waals surface area contributed by atoms with E-state index in [0.29, 0.717) is 0 Å². The number of hydrogen-bond donors (Lipinski definition) is 0. The Bertz CT molecular complexity index is 456. The molecule has 0 unspecified atom stereocenters. The summed E-state index contributed by atoms with van der Waals surface area (Å²) in [6, 6.07) is 8.61. The molecule has 0 aliphatic carbocycles. The van der Waals surface area contributed by atoms with Crippen LogP contribution in [-0.4, -0.2) is 5.33 Å². The van der Waals surface area contributed by atoms with E-state index in [1.54, 1.807) is 0 Å². The van der Waals surface area contributed by atoms with E-state index in [2.05, 4.69) is 57.7 Å². The second-order valence-corrected chi connectivity index (χ2v) is 5.11. The molecule has 1 aromatic heterocycles. The molecule has 1 aromatic carbocycles. The largest absolute Gasteiger partial charge is 0.144 e. The molecule has 0 aliphatic rings. The van der Waals surface area contributed by atoms with Crippen LogP contribution in [0.3, 0.4) is 0 Å². The molecule has 2 aromatic rings. The molecule has 0 spiro atoms. The zero-order chi connectivity index (χ0) is 10.5. The number of benzene rings is 1. The Morgan fingerprint density at radius 2 is 2.07 bits per heavy atom. The fourth-order valence-electron chi connectivity index (χ4n) is 1.58. The van der Waals surface area contributed by atoms with E-state index in [0.717, 1.165) is 18.2 Å². The van der Waals surface area contributed by atoms with Gasteiger partial charge < -0.3 is 0 Å². The maximum atomic E-state index is 3.42. The lowest BCUT2D eigenvalue weighted by Crippen LogP contribution is -1.77. The molecule has 0 N–H and O–H groups in total. The van der Waals surface area contributed by atoms with Crippen molar-refractivity contribution in [2.24, 2.45) is 0 Å². The van der Waals surface area contributed by atoms with Crippen molar-refractivity contribution in [2.45, 2.75) is 12.8 Å². The van der Waals surface area contributed by atoms with Crippen molar-refractivity contribution in [3.63, 3.8) is 0 Å². The van der Waals surface area contributed by atoms with Crippen molar-refractivity contribution in [3.05, 3.63) is 47.4 Å². The topological polar surface area (TPSA) is 0 Å². The van der Waals surface area contributed by atoms with Crippen molar-refractivity contribution < 1.29 is 0 Å². The summed E-state index contributed by atoms with van der Waals surface area (Å²) in [7, 11) is 0. The smallest absolute Gasteiger partial charge is 0.0345 e. The average molecular weight is 281 g/mol. The molecule has 0 fully saturated rings. The molecule has 0 bridgehead atoms. The molecular formula is C13H13BrS. The number of allylic oxidation sites excluding steroid dienone is 2. The Morgan fingerprint density at radius 3 is 2.93 bits per heavy atom. The maximum absolute atomic E-state index is 3.42. The van der Waals surface area contributed by atoms with Crippen LogP contribution in [0.15, 0.2) is 41.8 Å². The molecule has 0 nitrogen and oxygen atoms in total. The van der Waals surface area contributed by atoms with Crippen molar-refractivity contribution >= 4 is 37.4 Å². The lowest BCUT2D eigenvalue weighted by atomic mass is 10.1. The monoisotopic (exact) mass is 280 g/mol. The van der Waals surface area contributed by atoms with Crippen LogP contribution in [0.25, 0.3) is 10.1 Å². The van der Waals surface area contributed by atoms with E-state index < -0.39 is 0 Å². The molecule has 0 amide bonds. The number of hydrogen-bond acceptors (Lipinski definition) is 1. The van der Waals surface area contributed by atoms with Crippen LogP contribution in [0.1, 0.15) is 12.0 Å². The summed E-state index contributed by atoms with van der Waals surface area (Å²) in [5.41, 5.74) is 1.45. The van der Waals surface area contributed by atoms with Gasteiger partial charge in [0.15, 0.2) is 0 Å². The number of halogens is 1. The summed E-state index contributed by atoms with van der Waals surface area (Å²) in [6.07, 6.45) is 6.66. The highest BCUT2D eigenvalue weighted by Gasteiger charge is 2.00. The third-order valence-electron chi connectivity index (χ3n) is 2.34. The van der Waals surface area contributed by atoms with E-state index in [4.69, 9.17) is 0 Å². The third kappa shape index (κ3) is 2.70. The summed E-state index contributed by atoms with van der Waals surface area (Å²) in [4.78, 5) is 0.